The quantitative estimate of drug-likeness (QED) is 0.748. The molecule has 0 aliphatic carbocycles. The molecular weight excluding hydrogens is 328 g/mol. The molecule has 0 radical (unpaired) electrons. The van der Waals surface area contributed by atoms with Gasteiger partial charge in [0.25, 0.3) is 5.91 Å². The molecule has 1 atom stereocenters. The average molecular weight is 354 g/mol. The molecule has 134 valence electrons. The number of amides is 2. The average Bonchev–Trinajstić information content (AvgIpc) is 3.13. The minimum absolute atomic E-state index is 0.0337. The lowest BCUT2D eigenvalue weighted by Gasteiger charge is -2.37. The second-order valence-electron chi connectivity index (χ2n) is 5.86. The van der Waals surface area contributed by atoms with Crippen molar-refractivity contribution in [3.05, 3.63) is 24.2 Å². The largest absolute Gasteiger partial charge is 0.459 e. The summed E-state index contributed by atoms with van der Waals surface area (Å²) >= 11 is 1.88. The summed E-state index contributed by atoms with van der Waals surface area (Å²) < 4.78 is 10.5. The molecule has 0 aromatic carbocycles. The highest BCUT2D eigenvalue weighted by molar-refractivity contribution is 8.00. The first-order valence-electron chi connectivity index (χ1n) is 8.44. The number of carbonyl (C=O) groups is 2. The van der Waals surface area contributed by atoms with Crippen molar-refractivity contribution in [1.82, 2.24) is 10.6 Å². The van der Waals surface area contributed by atoms with Gasteiger partial charge in [-0.3, -0.25) is 9.59 Å². The number of thioether (sulfide) groups is 1. The summed E-state index contributed by atoms with van der Waals surface area (Å²) in [5.41, 5.74) is 0. The van der Waals surface area contributed by atoms with Crippen LogP contribution in [0.1, 0.15) is 43.7 Å². The maximum Gasteiger partial charge on any atom is 0.287 e. The van der Waals surface area contributed by atoms with E-state index in [1.165, 1.54) is 6.26 Å². The Kier molecular flexibility index (Phi) is 7.17. The summed E-state index contributed by atoms with van der Waals surface area (Å²) in [6.07, 6.45) is 3.82. The first-order chi connectivity index (χ1) is 11.6. The van der Waals surface area contributed by atoms with Gasteiger partial charge < -0.3 is 19.8 Å². The van der Waals surface area contributed by atoms with Gasteiger partial charge in [0, 0.05) is 24.5 Å². The topological polar surface area (TPSA) is 80.6 Å². The third-order valence-corrected chi connectivity index (χ3v) is 5.67. The molecule has 0 spiro atoms. The van der Waals surface area contributed by atoms with Gasteiger partial charge in [-0.15, -0.1) is 0 Å². The van der Waals surface area contributed by atoms with Crippen LogP contribution >= 0.6 is 11.8 Å². The Bertz CT molecular complexity index is 521. The monoisotopic (exact) mass is 354 g/mol. The smallest absolute Gasteiger partial charge is 0.287 e. The van der Waals surface area contributed by atoms with E-state index < -0.39 is 6.04 Å². The van der Waals surface area contributed by atoms with Gasteiger partial charge in [0.05, 0.1) is 6.26 Å². The predicted octanol–water partition coefficient (Wildman–Crippen LogP) is 2.21. The lowest BCUT2D eigenvalue weighted by Crippen LogP contribution is -2.51. The highest BCUT2D eigenvalue weighted by atomic mass is 32.2. The number of nitrogens with one attached hydrogen (secondary N) is 2. The van der Waals surface area contributed by atoms with Crippen LogP contribution in [0.3, 0.4) is 0 Å². The highest BCUT2D eigenvalue weighted by Gasteiger charge is 2.33. The maximum atomic E-state index is 12.5. The Hall–Kier alpha value is -1.47. The van der Waals surface area contributed by atoms with E-state index in [9.17, 15) is 9.59 Å². The van der Waals surface area contributed by atoms with Crippen molar-refractivity contribution in [3.8, 4) is 0 Å². The van der Waals surface area contributed by atoms with Gasteiger partial charge in [-0.05, 0) is 37.1 Å². The number of ether oxygens (including phenoxy) is 1. The SMILES string of the molecule is CCSC1(CNC(=O)C(CC)NC(=O)c2ccco2)CCOCC1. The van der Waals surface area contributed by atoms with Crippen LogP contribution < -0.4 is 10.6 Å². The zero-order chi connectivity index (χ0) is 17.4. The summed E-state index contributed by atoms with van der Waals surface area (Å²) in [7, 11) is 0. The summed E-state index contributed by atoms with van der Waals surface area (Å²) in [5, 5.41) is 5.74. The van der Waals surface area contributed by atoms with Crippen molar-refractivity contribution in [2.45, 2.75) is 43.9 Å². The highest BCUT2D eigenvalue weighted by Crippen LogP contribution is 2.34. The van der Waals surface area contributed by atoms with Gasteiger partial charge in [0.15, 0.2) is 5.76 Å². The van der Waals surface area contributed by atoms with Gasteiger partial charge in [-0.2, -0.15) is 11.8 Å². The Morgan fingerprint density at radius 3 is 2.67 bits per heavy atom. The number of carbonyl (C=O) groups excluding carboxylic acids is 2. The normalized spacial score (nSPS) is 17.9. The van der Waals surface area contributed by atoms with Crippen molar-refractivity contribution >= 4 is 23.6 Å². The van der Waals surface area contributed by atoms with Crippen LogP contribution in [0.25, 0.3) is 0 Å². The third-order valence-electron chi connectivity index (χ3n) is 4.21. The second-order valence-corrected chi connectivity index (χ2v) is 7.59. The van der Waals surface area contributed by atoms with Crippen LogP contribution in [-0.4, -0.2) is 48.1 Å². The van der Waals surface area contributed by atoms with Crippen LogP contribution in [0.5, 0.6) is 0 Å². The second kappa shape index (κ2) is 9.13. The first kappa shape index (κ1) is 18.9. The minimum atomic E-state index is -0.564. The molecule has 1 unspecified atom stereocenters. The zero-order valence-corrected chi connectivity index (χ0v) is 15.1. The van der Waals surface area contributed by atoms with Crippen LogP contribution in [-0.2, 0) is 9.53 Å². The van der Waals surface area contributed by atoms with Gasteiger partial charge >= 0.3 is 0 Å². The van der Waals surface area contributed by atoms with Gasteiger partial charge in [-0.1, -0.05) is 13.8 Å². The molecule has 0 saturated carbocycles. The molecular formula is C17H26N2O4S. The van der Waals surface area contributed by atoms with E-state index in [1.54, 1.807) is 12.1 Å². The minimum Gasteiger partial charge on any atom is -0.459 e. The van der Waals surface area contributed by atoms with E-state index in [2.05, 4.69) is 17.6 Å². The summed E-state index contributed by atoms with van der Waals surface area (Å²) in [6, 6.07) is 2.66. The fourth-order valence-corrected chi connectivity index (χ4v) is 4.03. The Balaban J connectivity index is 1.89. The van der Waals surface area contributed by atoms with Crippen LogP contribution in [0.2, 0.25) is 0 Å². The molecule has 1 aliphatic heterocycles. The van der Waals surface area contributed by atoms with Crippen LogP contribution in [0, 0.1) is 0 Å². The number of rotatable bonds is 8. The molecule has 24 heavy (non-hydrogen) atoms. The van der Waals surface area contributed by atoms with Crippen molar-refractivity contribution in [2.24, 2.45) is 0 Å². The van der Waals surface area contributed by atoms with Gasteiger partial charge in [0.2, 0.25) is 5.91 Å². The molecule has 2 amide bonds. The molecule has 1 aliphatic rings. The number of furan rings is 1. The standard InChI is InChI=1S/C17H26N2O4S/c1-3-13(19-16(21)14-6-5-9-23-14)15(20)18-12-17(24-4-2)7-10-22-11-8-17/h5-6,9,13H,3-4,7-8,10-12H2,1-2H3,(H,18,20)(H,19,21). The molecule has 2 heterocycles. The maximum absolute atomic E-state index is 12.5. The van der Waals surface area contributed by atoms with Gasteiger partial charge in [0.1, 0.15) is 6.04 Å². The Labute approximate surface area is 147 Å². The van der Waals surface area contributed by atoms with Crippen LogP contribution in [0.4, 0.5) is 0 Å². The van der Waals surface area contributed by atoms with Crippen LogP contribution in [0.15, 0.2) is 22.8 Å². The lowest BCUT2D eigenvalue weighted by molar-refractivity contribution is -0.123. The number of hydrogen-bond donors (Lipinski definition) is 2. The molecule has 2 N–H and O–H groups in total. The Morgan fingerprint density at radius 2 is 2.08 bits per heavy atom. The van der Waals surface area contributed by atoms with E-state index in [4.69, 9.17) is 9.15 Å². The van der Waals surface area contributed by atoms with E-state index in [0.29, 0.717) is 13.0 Å². The molecule has 0 bridgehead atoms. The third kappa shape index (κ3) is 5.01. The van der Waals surface area contributed by atoms with Crippen molar-refractivity contribution in [3.63, 3.8) is 0 Å². The molecule has 1 aromatic heterocycles. The predicted molar refractivity (Wildman–Crippen MR) is 94.2 cm³/mol. The van der Waals surface area contributed by atoms with E-state index >= 15 is 0 Å². The van der Waals surface area contributed by atoms with Crippen molar-refractivity contribution < 1.29 is 18.7 Å². The summed E-state index contributed by atoms with van der Waals surface area (Å²) in [4.78, 5) is 24.5. The summed E-state index contributed by atoms with van der Waals surface area (Å²) in [5.74, 6) is 0.692. The molecule has 1 fully saturated rings. The molecule has 1 aromatic rings. The molecule has 7 heteroatoms. The van der Waals surface area contributed by atoms with E-state index in [0.717, 1.165) is 31.8 Å². The van der Waals surface area contributed by atoms with Gasteiger partial charge in [-0.25, -0.2) is 0 Å². The lowest BCUT2D eigenvalue weighted by atomic mass is 9.98. The fraction of sp³-hybridized carbons (Fsp3) is 0.647. The first-order valence-corrected chi connectivity index (χ1v) is 9.42. The molecule has 6 nitrogen and oxygen atoms in total. The zero-order valence-electron chi connectivity index (χ0n) is 14.3. The number of hydrogen-bond acceptors (Lipinski definition) is 5. The summed E-state index contributed by atoms with van der Waals surface area (Å²) in [6.45, 7) is 6.06. The molecule has 2 rings (SSSR count). The van der Waals surface area contributed by atoms with E-state index in [1.807, 2.05) is 18.7 Å². The van der Waals surface area contributed by atoms with E-state index in [-0.39, 0.29) is 22.3 Å². The van der Waals surface area contributed by atoms with Crippen molar-refractivity contribution in [2.75, 3.05) is 25.5 Å². The fourth-order valence-electron chi connectivity index (χ4n) is 2.78. The van der Waals surface area contributed by atoms with Crippen molar-refractivity contribution in [1.29, 1.82) is 0 Å². The molecule has 1 saturated heterocycles. The Morgan fingerprint density at radius 1 is 1.33 bits per heavy atom.